The van der Waals surface area contributed by atoms with Crippen LogP contribution in [0.3, 0.4) is 0 Å². The molecule has 2 heteroatoms. The lowest BCUT2D eigenvalue weighted by atomic mass is 10.0. The molecular formula is C13H11NO. The number of benzene rings is 2. The molecule has 0 atom stereocenters. The Labute approximate surface area is 88.4 Å². The van der Waals surface area contributed by atoms with Crippen LogP contribution < -0.4 is 5.73 Å². The molecule has 2 aromatic carbocycles. The summed E-state index contributed by atoms with van der Waals surface area (Å²) in [5.74, 6) is 0. The zero-order valence-electron chi connectivity index (χ0n) is 8.18. The maximum atomic E-state index is 10.5. The highest BCUT2D eigenvalue weighted by Gasteiger charge is 1.97. The first kappa shape index (κ1) is 9.46. The van der Waals surface area contributed by atoms with Crippen molar-refractivity contribution in [2.24, 2.45) is 0 Å². The highest BCUT2D eigenvalue weighted by molar-refractivity contribution is 5.77. The second-order valence-corrected chi connectivity index (χ2v) is 3.37. The van der Waals surface area contributed by atoms with E-state index in [4.69, 9.17) is 5.73 Å². The number of hydrogen-bond acceptors (Lipinski definition) is 2. The van der Waals surface area contributed by atoms with Gasteiger partial charge >= 0.3 is 0 Å². The molecule has 0 unspecified atom stereocenters. The van der Waals surface area contributed by atoms with Gasteiger partial charge in [0.1, 0.15) is 6.29 Å². The van der Waals surface area contributed by atoms with Crippen LogP contribution in [0.4, 0.5) is 5.69 Å². The summed E-state index contributed by atoms with van der Waals surface area (Å²) in [7, 11) is 0. The van der Waals surface area contributed by atoms with E-state index in [0.717, 1.165) is 23.1 Å². The standard InChI is InChI=1S/C13H11NO/c14-13-3-1-2-12(8-13)11-6-4-10(9-15)5-7-11/h1-9H,14H2. The Hall–Kier alpha value is -2.09. The largest absolute Gasteiger partial charge is 0.399 e. The lowest BCUT2D eigenvalue weighted by Gasteiger charge is -2.02. The van der Waals surface area contributed by atoms with E-state index in [1.165, 1.54) is 0 Å². The third-order valence-corrected chi connectivity index (χ3v) is 2.27. The van der Waals surface area contributed by atoms with E-state index in [1.807, 2.05) is 36.4 Å². The molecule has 0 spiro atoms. The average molecular weight is 197 g/mol. The van der Waals surface area contributed by atoms with E-state index in [2.05, 4.69) is 0 Å². The van der Waals surface area contributed by atoms with Crippen molar-refractivity contribution in [1.29, 1.82) is 0 Å². The van der Waals surface area contributed by atoms with Crippen LogP contribution in [0.15, 0.2) is 48.5 Å². The van der Waals surface area contributed by atoms with Crippen molar-refractivity contribution in [3.8, 4) is 11.1 Å². The Morgan fingerprint density at radius 2 is 1.67 bits per heavy atom. The lowest BCUT2D eigenvalue weighted by molar-refractivity contribution is 0.112. The Balaban J connectivity index is 2.41. The molecule has 0 saturated heterocycles. The summed E-state index contributed by atoms with van der Waals surface area (Å²) in [5.41, 5.74) is 9.25. The highest BCUT2D eigenvalue weighted by atomic mass is 16.1. The SMILES string of the molecule is Nc1cccc(-c2ccc(C=O)cc2)c1. The Bertz CT molecular complexity index is 474. The molecule has 0 amide bonds. The van der Waals surface area contributed by atoms with Crippen LogP contribution >= 0.6 is 0 Å². The molecule has 0 aliphatic carbocycles. The topological polar surface area (TPSA) is 43.1 Å². The zero-order valence-corrected chi connectivity index (χ0v) is 8.18. The summed E-state index contributed by atoms with van der Waals surface area (Å²) >= 11 is 0. The summed E-state index contributed by atoms with van der Waals surface area (Å²) in [6.45, 7) is 0. The molecule has 0 bridgehead atoms. The number of carbonyl (C=O) groups is 1. The van der Waals surface area contributed by atoms with Crippen LogP contribution in [0.1, 0.15) is 10.4 Å². The molecule has 0 aliphatic heterocycles. The molecule has 0 aromatic heterocycles. The number of nitrogen functional groups attached to an aromatic ring is 1. The number of rotatable bonds is 2. The van der Waals surface area contributed by atoms with E-state index in [0.29, 0.717) is 5.56 Å². The molecule has 0 heterocycles. The van der Waals surface area contributed by atoms with Gasteiger partial charge in [-0.2, -0.15) is 0 Å². The quantitative estimate of drug-likeness (QED) is 0.594. The van der Waals surface area contributed by atoms with Gasteiger partial charge in [-0.3, -0.25) is 4.79 Å². The first-order chi connectivity index (χ1) is 7.29. The molecule has 0 fully saturated rings. The first-order valence-electron chi connectivity index (χ1n) is 4.71. The molecule has 2 N–H and O–H groups in total. The Morgan fingerprint density at radius 1 is 0.933 bits per heavy atom. The van der Waals surface area contributed by atoms with Crippen LogP contribution in [0, 0.1) is 0 Å². The predicted octanol–water partition coefficient (Wildman–Crippen LogP) is 2.75. The molecule has 15 heavy (non-hydrogen) atoms. The Kier molecular flexibility index (Phi) is 2.50. The molecule has 74 valence electrons. The summed E-state index contributed by atoms with van der Waals surface area (Å²) < 4.78 is 0. The number of carbonyl (C=O) groups excluding carboxylic acids is 1. The van der Waals surface area contributed by atoms with E-state index in [9.17, 15) is 4.79 Å². The van der Waals surface area contributed by atoms with Gasteiger partial charge in [0.25, 0.3) is 0 Å². The van der Waals surface area contributed by atoms with Gasteiger partial charge in [0.15, 0.2) is 0 Å². The van der Waals surface area contributed by atoms with Crippen LogP contribution in [-0.4, -0.2) is 6.29 Å². The summed E-state index contributed by atoms with van der Waals surface area (Å²) in [5, 5.41) is 0. The molecule has 2 rings (SSSR count). The maximum absolute atomic E-state index is 10.5. The van der Waals surface area contributed by atoms with Crippen LogP contribution in [0.25, 0.3) is 11.1 Å². The summed E-state index contributed by atoms with van der Waals surface area (Å²) in [6.07, 6.45) is 0.836. The van der Waals surface area contributed by atoms with Crippen molar-refractivity contribution in [3.63, 3.8) is 0 Å². The van der Waals surface area contributed by atoms with Crippen LogP contribution in [-0.2, 0) is 0 Å². The third-order valence-electron chi connectivity index (χ3n) is 2.27. The normalized spacial score (nSPS) is 9.87. The van der Waals surface area contributed by atoms with E-state index in [1.54, 1.807) is 12.1 Å². The zero-order chi connectivity index (χ0) is 10.7. The summed E-state index contributed by atoms with van der Waals surface area (Å²) in [4.78, 5) is 10.5. The number of nitrogens with two attached hydrogens (primary N) is 1. The first-order valence-corrected chi connectivity index (χ1v) is 4.71. The lowest BCUT2D eigenvalue weighted by Crippen LogP contribution is -1.85. The fourth-order valence-electron chi connectivity index (χ4n) is 1.47. The van der Waals surface area contributed by atoms with Crippen molar-refractivity contribution in [3.05, 3.63) is 54.1 Å². The fraction of sp³-hybridized carbons (Fsp3) is 0. The van der Waals surface area contributed by atoms with Crippen molar-refractivity contribution in [2.45, 2.75) is 0 Å². The Morgan fingerprint density at radius 3 is 2.27 bits per heavy atom. The molecule has 0 radical (unpaired) electrons. The van der Waals surface area contributed by atoms with Crippen LogP contribution in [0.5, 0.6) is 0 Å². The predicted molar refractivity (Wildman–Crippen MR) is 61.7 cm³/mol. The number of anilines is 1. The second-order valence-electron chi connectivity index (χ2n) is 3.37. The van der Waals surface area contributed by atoms with Crippen molar-refractivity contribution in [1.82, 2.24) is 0 Å². The summed E-state index contributed by atoms with van der Waals surface area (Å²) in [6, 6.07) is 15.1. The fourth-order valence-corrected chi connectivity index (χ4v) is 1.47. The van der Waals surface area contributed by atoms with Crippen molar-refractivity contribution in [2.75, 3.05) is 5.73 Å². The van der Waals surface area contributed by atoms with Gasteiger partial charge in [-0.25, -0.2) is 0 Å². The van der Waals surface area contributed by atoms with E-state index < -0.39 is 0 Å². The van der Waals surface area contributed by atoms with Crippen molar-refractivity contribution >= 4 is 12.0 Å². The molecule has 2 nitrogen and oxygen atoms in total. The second kappa shape index (κ2) is 3.96. The number of hydrogen-bond donors (Lipinski definition) is 1. The van der Waals surface area contributed by atoms with Crippen molar-refractivity contribution < 1.29 is 4.79 Å². The average Bonchev–Trinajstić information content (AvgIpc) is 2.29. The minimum absolute atomic E-state index is 0.683. The molecule has 2 aromatic rings. The third kappa shape index (κ3) is 2.05. The highest BCUT2D eigenvalue weighted by Crippen LogP contribution is 2.21. The van der Waals surface area contributed by atoms with Gasteiger partial charge in [-0.05, 0) is 23.3 Å². The minimum atomic E-state index is 0.683. The van der Waals surface area contributed by atoms with Gasteiger partial charge in [-0.1, -0.05) is 36.4 Å². The van der Waals surface area contributed by atoms with Gasteiger partial charge in [0, 0.05) is 11.3 Å². The van der Waals surface area contributed by atoms with E-state index in [-0.39, 0.29) is 0 Å². The molecule has 0 aliphatic rings. The van der Waals surface area contributed by atoms with E-state index >= 15 is 0 Å². The van der Waals surface area contributed by atoms with Gasteiger partial charge in [0.05, 0.1) is 0 Å². The van der Waals surface area contributed by atoms with Crippen LogP contribution in [0.2, 0.25) is 0 Å². The molecule has 0 saturated carbocycles. The van der Waals surface area contributed by atoms with Gasteiger partial charge in [0.2, 0.25) is 0 Å². The number of aldehydes is 1. The van der Waals surface area contributed by atoms with Gasteiger partial charge in [-0.15, -0.1) is 0 Å². The van der Waals surface area contributed by atoms with Gasteiger partial charge < -0.3 is 5.73 Å². The minimum Gasteiger partial charge on any atom is -0.399 e. The molecular weight excluding hydrogens is 186 g/mol. The maximum Gasteiger partial charge on any atom is 0.150 e. The monoisotopic (exact) mass is 197 g/mol. The smallest absolute Gasteiger partial charge is 0.150 e.